The SMILES string of the molecule is COCCNc1ccc(CCN[C@@H](C(=O)c2c[nH]c3ccccc23)c2ccccc2)cn1. The Hall–Kier alpha value is -3.48. The van der Waals surface area contributed by atoms with Gasteiger partial charge in [0.25, 0.3) is 0 Å². The Morgan fingerprint density at radius 2 is 1.84 bits per heavy atom. The number of benzene rings is 2. The van der Waals surface area contributed by atoms with E-state index in [0.29, 0.717) is 18.7 Å². The Morgan fingerprint density at radius 3 is 2.62 bits per heavy atom. The monoisotopic (exact) mass is 428 g/mol. The van der Waals surface area contributed by atoms with E-state index in [0.717, 1.165) is 40.8 Å². The van der Waals surface area contributed by atoms with Gasteiger partial charge in [-0.3, -0.25) is 4.79 Å². The van der Waals surface area contributed by atoms with Crippen LogP contribution in [0.15, 0.2) is 79.1 Å². The predicted octanol–water partition coefficient (Wildman–Crippen LogP) is 4.38. The first-order chi connectivity index (χ1) is 15.8. The van der Waals surface area contributed by atoms with E-state index in [1.54, 1.807) is 7.11 Å². The smallest absolute Gasteiger partial charge is 0.186 e. The van der Waals surface area contributed by atoms with Gasteiger partial charge in [-0.05, 0) is 29.7 Å². The molecule has 0 unspecified atom stereocenters. The molecule has 0 radical (unpaired) electrons. The fraction of sp³-hybridized carbons (Fsp3) is 0.231. The van der Waals surface area contributed by atoms with Crippen molar-refractivity contribution in [1.29, 1.82) is 0 Å². The van der Waals surface area contributed by atoms with Gasteiger partial charge in [-0.25, -0.2) is 4.98 Å². The van der Waals surface area contributed by atoms with Gasteiger partial charge in [0.05, 0.1) is 12.6 Å². The van der Waals surface area contributed by atoms with Gasteiger partial charge >= 0.3 is 0 Å². The lowest BCUT2D eigenvalue weighted by atomic mass is 9.96. The van der Waals surface area contributed by atoms with Crippen LogP contribution in [0.3, 0.4) is 0 Å². The lowest BCUT2D eigenvalue weighted by molar-refractivity contribution is 0.0945. The Morgan fingerprint density at radius 1 is 1.03 bits per heavy atom. The summed E-state index contributed by atoms with van der Waals surface area (Å²) in [7, 11) is 1.68. The van der Waals surface area contributed by atoms with Crippen LogP contribution in [0.25, 0.3) is 10.9 Å². The zero-order chi connectivity index (χ0) is 22.2. The van der Waals surface area contributed by atoms with E-state index in [2.05, 4.69) is 26.7 Å². The number of anilines is 1. The van der Waals surface area contributed by atoms with Gasteiger partial charge in [0.1, 0.15) is 5.82 Å². The van der Waals surface area contributed by atoms with Crippen LogP contribution < -0.4 is 10.6 Å². The molecule has 0 spiro atoms. The summed E-state index contributed by atoms with van der Waals surface area (Å²) in [5.41, 5.74) is 3.74. The number of ketones is 1. The van der Waals surface area contributed by atoms with Crippen LogP contribution >= 0.6 is 0 Å². The van der Waals surface area contributed by atoms with Crippen LogP contribution in [-0.2, 0) is 11.2 Å². The minimum Gasteiger partial charge on any atom is -0.383 e. The molecule has 1 atom stereocenters. The number of Topliss-reactive ketones (excluding diaryl/α,β-unsaturated/α-hetero) is 1. The molecule has 2 aromatic carbocycles. The number of pyridine rings is 1. The van der Waals surface area contributed by atoms with E-state index in [1.807, 2.05) is 73.1 Å². The second kappa shape index (κ2) is 10.7. The number of carbonyl (C=O) groups excluding carboxylic acids is 1. The first kappa shape index (κ1) is 21.7. The normalized spacial score (nSPS) is 12.0. The summed E-state index contributed by atoms with van der Waals surface area (Å²) >= 11 is 0. The van der Waals surface area contributed by atoms with Gasteiger partial charge < -0.3 is 20.4 Å². The number of aromatic nitrogens is 2. The van der Waals surface area contributed by atoms with E-state index in [4.69, 9.17) is 4.74 Å². The summed E-state index contributed by atoms with van der Waals surface area (Å²) in [4.78, 5) is 21.2. The van der Waals surface area contributed by atoms with E-state index >= 15 is 0 Å². The summed E-state index contributed by atoms with van der Waals surface area (Å²) in [6, 6.07) is 21.4. The number of ether oxygens (including phenoxy) is 1. The lowest BCUT2D eigenvalue weighted by Gasteiger charge is -2.18. The van der Waals surface area contributed by atoms with Gasteiger partial charge in [0.2, 0.25) is 0 Å². The molecule has 0 bridgehead atoms. The number of para-hydroxylation sites is 1. The number of H-pyrrole nitrogens is 1. The van der Waals surface area contributed by atoms with Crippen LogP contribution in [-0.4, -0.2) is 42.6 Å². The van der Waals surface area contributed by atoms with Crippen molar-refractivity contribution in [2.45, 2.75) is 12.5 Å². The topological polar surface area (TPSA) is 79.0 Å². The Bertz CT molecular complexity index is 1140. The van der Waals surface area contributed by atoms with Crippen LogP contribution in [0, 0.1) is 0 Å². The molecule has 4 rings (SSSR count). The van der Waals surface area contributed by atoms with Crippen molar-refractivity contribution < 1.29 is 9.53 Å². The van der Waals surface area contributed by atoms with Gasteiger partial charge in [-0.15, -0.1) is 0 Å². The minimum atomic E-state index is -0.418. The number of aromatic amines is 1. The number of carbonyl (C=O) groups is 1. The van der Waals surface area contributed by atoms with Gasteiger partial charge in [0, 0.05) is 49.1 Å². The zero-order valence-corrected chi connectivity index (χ0v) is 18.2. The van der Waals surface area contributed by atoms with Crippen molar-refractivity contribution in [2.75, 3.05) is 32.1 Å². The van der Waals surface area contributed by atoms with Crippen molar-refractivity contribution in [2.24, 2.45) is 0 Å². The summed E-state index contributed by atoms with van der Waals surface area (Å²) in [5, 5.41) is 7.63. The number of hydrogen-bond acceptors (Lipinski definition) is 5. The Labute approximate surface area is 188 Å². The molecular weight excluding hydrogens is 400 g/mol. The largest absolute Gasteiger partial charge is 0.383 e. The van der Waals surface area contributed by atoms with Crippen molar-refractivity contribution in [3.63, 3.8) is 0 Å². The maximum absolute atomic E-state index is 13.5. The molecule has 164 valence electrons. The number of nitrogens with one attached hydrogen (secondary N) is 3. The molecule has 32 heavy (non-hydrogen) atoms. The molecule has 0 amide bonds. The highest BCUT2D eigenvalue weighted by molar-refractivity contribution is 6.10. The summed E-state index contributed by atoms with van der Waals surface area (Å²) in [6.07, 6.45) is 4.45. The fourth-order valence-corrected chi connectivity index (χ4v) is 3.76. The third-order valence-electron chi connectivity index (χ3n) is 5.45. The van der Waals surface area contributed by atoms with Crippen LogP contribution in [0.5, 0.6) is 0 Å². The van der Waals surface area contributed by atoms with Gasteiger partial charge in [-0.1, -0.05) is 54.6 Å². The average Bonchev–Trinajstić information content (AvgIpc) is 3.27. The second-order valence-electron chi connectivity index (χ2n) is 7.63. The number of hydrogen-bond donors (Lipinski definition) is 3. The number of rotatable bonds is 11. The third kappa shape index (κ3) is 5.22. The minimum absolute atomic E-state index is 0.0597. The molecule has 0 aliphatic rings. The predicted molar refractivity (Wildman–Crippen MR) is 128 cm³/mol. The van der Waals surface area contributed by atoms with Crippen molar-refractivity contribution in [3.05, 3.63) is 95.8 Å². The van der Waals surface area contributed by atoms with Gasteiger partial charge in [0.15, 0.2) is 5.78 Å². The molecule has 0 aliphatic heterocycles. The first-order valence-corrected chi connectivity index (χ1v) is 10.8. The highest BCUT2D eigenvalue weighted by Gasteiger charge is 2.23. The zero-order valence-electron chi connectivity index (χ0n) is 18.2. The molecule has 6 heteroatoms. The summed E-state index contributed by atoms with van der Waals surface area (Å²) in [5.74, 6) is 0.889. The maximum atomic E-state index is 13.5. The molecule has 2 aromatic heterocycles. The molecule has 4 aromatic rings. The molecular formula is C26H28N4O2. The Balaban J connectivity index is 1.44. The van der Waals surface area contributed by atoms with E-state index < -0.39 is 6.04 Å². The van der Waals surface area contributed by atoms with Crippen LogP contribution in [0.2, 0.25) is 0 Å². The number of nitrogens with zero attached hydrogens (tertiary/aromatic N) is 1. The summed E-state index contributed by atoms with van der Waals surface area (Å²) < 4.78 is 5.04. The number of methoxy groups -OCH3 is 1. The number of fused-ring (bicyclic) bond motifs is 1. The average molecular weight is 429 g/mol. The maximum Gasteiger partial charge on any atom is 0.186 e. The molecule has 0 fully saturated rings. The Kier molecular flexibility index (Phi) is 7.27. The van der Waals surface area contributed by atoms with E-state index in [-0.39, 0.29) is 5.78 Å². The molecule has 6 nitrogen and oxygen atoms in total. The summed E-state index contributed by atoms with van der Waals surface area (Å²) in [6.45, 7) is 2.02. The first-order valence-electron chi connectivity index (χ1n) is 10.8. The van der Waals surface area contributed by atoms with Crippen LogP contribution in [0.1, 0.15) is 27.5 Å². The third-order valence-corrected chi connectivity index (χ3v) is 5.45. The van der Waals surface area contributed by atoms with Crippen LogP contribution in [0.4, 0.5) is 5.82 Å². The second-order valence-corrected chi connectivity index (χ2v) is 7.63. The molecule has 0 aliphatic carbocycles. The van der Waals surface area contributed by atoms with E-state index in [1.165, 1.54) is 0 Å². The molecule has 2 heterocycles. The highest BCUT2D eigenvalue weighted by atomic mass is 16.5. The molecule has 3 N–H and O–H groups in total. The fourth-order valence-electron chi connectivity index (χ4n) is 3.76. The van der Waals surface area contributed by atoms with E-state index in [9.17, 15) is 4.79 Å². The quantitative estimate of drug-likeness (QED) is 0.244. The van der Waals surface area contributed by atoms with Crippen molar-refractivity contribution >= 4 is 22.5 Å². The molecule has 0 saturated carbocycles. The standard InChI is InChI=1S/C26H28N4O2/c1-32-16-15-27-24-12-11-19(17-30-24)13-14-28-25(20-7-3-2-4-8-20)26(31)22-18-29-23-10-6-5-9-21(22)23/h2-12,17-18,25,28-29H,13-16H2,1H3,(H,27,30)/t25-/m1/s1. The lowest BCUT2D eigenvalue weighted by Crippen LogP contribution is -2.30. The molecule has 0 saturated heterocycles. The van der Waals surface area contributed by atoms with Gasteiger partial charge in [-0.2, -0.15) is 0 Å². The van der Waals surface area contributed by atoms with Crippen molar-refractivity contribution in [1.82, 2.24) is 15.3 Å². The highest BCUT2D eigenvalue weighted by Crippen LogP contribution is 2.24. The van der Waals surface area contributed by atoms with Crippen molar-refractivity contribution in [3.8, 4) is 0 Å².